The number of carbonyl (C=O) groups is 2. The maximum atomic E-state index is 13.6. The Labute approximate surface area is 239 Å². The number of fused-ring (bicyclic) bond motifs is 1. The Morgan fingerprint density at radius 3 is 2.27 bits per heavy atom. The van der Waals surface area contributed by atoms with Gasteiger partial charge in [-0.1, -0.05) is 22.9 Å². The number of ether oxygens (including phenoxy) is 4. The lowest BCUT2D eigenvalue weighted by atomic mass is 9.95. The number of rotatable bonds is 8. The fourth-order valence-corrected chi connectivity index (χ4v) is 5.77. The smallest absolute Gasteiger partial charge is 0.301 e. The van der Waals surface area contributed by atoms with Crippen LogP contribution < -0.4 is 23.8 Å². The number of nitrogens with zero attached hydrogens (tertiary/aromatic N) is 2. The van der Waals surface area contributed by atoms with Gasteiger partial charge in [-0.3, -0.25) is 14.5 Å². The fourth-order valence-electron chi connectivity index (χ4n) is 4.62. The minimum Gasteiger partial charge on any atom is -0.507 e. The van der Waals surface area contributed by atoms with Crippen LogP contribution in [0.15, 0.2) is 60.2 Å². The van der Waals surface area contributed by atoms with E-state index in [4.69, 9.17) is 30.5 Å². The highest BCUT2D eigenvalue weighted by Crippen LogP contribution is 2.48. The number of ketones is 1. The molecule has 0 bridgehead atoms. The molecular formula is C29H25ClN2O7S. The van der Waals surface area contributed by atoms with E-state index in [0.29, 0.717) is 51.3 Å². The lowest BCUT2D eigenvalue weighted by Crippen LogP contribution is -2.29. The summed E-state index contributed by atoms with van der Waals surface area (Å²) in [5.41, 5.74) is 1.28. The highest BCUT2D eigenvalue weighted by molar-refractivity contribution is 7.22. The van der Waals surface area contributed by atoms with Crippen LogP contribution in [0.25, 0.3) is 16.0 Å². The van der Waals surface area contributed by atoms with Gasteiger partial charge in [0.05, 0.1) is 49.8 Å². The topological polar surface area (TPSA) is 107 Å². The number of amides is 1. The molecule has 0 spiro atoms. The van der Waals surface area contributed by atoms with Crippen LogP contribution in [0.5, 0.6) is 23.0 Å². The number of methoxy groups -OCH3 is 3. The number of anilines is 1. The predicted octanol–water partition coefficient (Wildman–Crippen LogP) is 6.00. The third kappa shape index (κ3) is 4.69. The van der Waals surface area contributed by atoms with Crippen molar-refractivity contribution in [1.29, 1.82) is 0 Å². The molecule has 1 aliphatic rings. The van der Waals surface area contributed by atoms with E-state index in [-0.39, 0.29) is 16.5 Å². The van der Waals surface area contributed by atoms with Crippen LogP contribution in [0, 0.1) is 0 Å². The molecule has 206 valence electrons. The number of aliphatic hydroxyl groups is 1. The molecule has 1 saturated heterocycles. The summed E-state index contributed by atoms with van der Waals surface area (Å²) in [5, 5.41) is 12.1. The largest absolute Gasteiger partial charge is 0.507 e. The first-order valence-corrected chi connectivity index (χ1v) is 13.4. The van der Waals surface area contributed by atoms with Gasteiger partial charge in [-0.2, -0.15) is 0 Å². The van der Waals surface area contributed by atoms with Crippen LogP contribution in [0.3, 0.4) is 0 Å². The Bertz CT molecular complexity index is 1620. The number of halogens is 1. The SMILES string of the molecule is CCOc1ccc2nc(N3C(=O)C(=O)/C(=C(/O)c4ccc(Cl)cc4)C3c3cc(OC)c(OC)c(OC)c3)sc2c1. The van der Waals surface area contributed by atoms with E-state index >= 15 is 0 Å². The van der Waals surface area contributed by atoms with Crippen LogP contribution in [-0.4, -0.2) is 49.7 Å². The summed E-state index contributed by atoms with van der Waals surface area (Å²) in [6, 6.07) is 14.0. The normalized spacial score (nSPS) is 16.4. The predicted molar refractivity (Wildman–Crippen MR) is 153 cm³/mol. The number of hydrogen-bond acceptors (Lipinski definition) is 9. The third-order valence-corrected chi connectivity index (χ3v) is 7.70. The van der Waals surface area contributed by atoms with Crippen molar-refractivity contribution in [2.45, 2.75) is 13.0 Å². The van der Waals surface area contributed by atoms with Gasteiger partial charge in [0.1, 0.15) is 11.5 Å². The molecule has 1 fully saturated rings. The highest BCUT2D eigenvalue weighted by Gasteiger charge is 2.48. The molecular weight excluding hydrogens is 556 g/mol. The molecule has 40 heavy (non-hydrogen) atoms. The first-order valence-electron chi connectivity index (χ1n) is 12.2. The van der Waals surface area contributed by atoms with Crippen molar-refractivity contribution in [3.05, 3.63) is 76.3 Å². The van der Waals surface area contributed by atoms with Crippen molar-refractivity contribution in [2.75, 3.05) is 32.8 Å². The summed E-state index contributed by atoms with van der Waals surface area (Å²) in [7, 11) is 4.41. The second-order valence-corrected chi connectivity index (χ2v) is 10.1. The van der Waals surface area contributed by atoms with Crippen LogP contribution in [0.1, 0.15) is 24.1 Å². The zero-order valence-electron chi connectivity index (χ0n) is 22.1. The van der Waals surface area contributed by atoms with Crippen LogP contribution in [0.4, 0.5) is 5.13 Å². The first kappa shape index (κ1) is 27.3. The molecule has 0 aliphatic carbocycles. The molecule has 11 heteroatoms. The van der Waals surface area contributed by atoms with E-state index in [2.05, 4.69) is 4.98 Å². The molecule has 1 aliphatic heterocycles. The van der Waals surface area contributed by atoms with Crippen LogP contribution in [0.2, 0.25) is 5.02 Å². The van der Waals surface area contributed by atoms with Crippen molar-refractivity contribution in [3.63, 3.8) is 0 Å². The Morgan fingerprint density at radius 2 is 1.68 bits per heavy atom. The Morgan fingerprint density at radius 1 is 1.00 bits per heavy atom. The van der Waals surface area contributed by atoms with Gasteiger partial charge in [0.25, 0.3) is 5.78 Å². The molecule has 3 aromatic carbocycles. The quantitative estimate of drug-likeness (QED) is 0.154. The summed E-state index contributed by atoms with van der Waals surface area (Å²) in [4.78, 5) is 33.2. The zero-order chi connectivity index (χ0) is 28.6. The number of hydrogen-bond donors (Lipinski definition) is 1. The summed E-state index contributed by atoms with van der Waals surface area (Å²) in [6.45, 7) is 2.39. The highest BCUT2D eigenvalue weighted by atomic mass is 35.5. The van der Waals surface area contributed by atoms with Gasteiger partial charge in [-0.15, -0.1) is 0 Å². The molecule has 1 unspecified atom stereocenters. The zero-order valence-corrected chi connectivity index (χ0v) is 23.6. The number of aliphatic hydroxyl groups excluding tert-OH is 1. The van der Waals surface area contributed by atoms with Crippen molar-refractivity contribution in [2.24, 2.45) is 0 Å². The standard InChI is InChI=1S/C29H25ClN2O7S/c1-5-39-18-10-11-19-22(14-18)40-29(31-19)32-24(16-12-20(36-2)27(38-4)21(13-16)37-3)23(26(34)28(32)35)25(33)15-6-8-17(30)9-7-15/h6-14,24,33H,5H2,1-4H3/b25-23+. The van der Waals surface area contributed by atoms with Gasteiger partial charge in [0.15, 0.2) is 16.6 Å². The Balaban J connectivity index is 1.75. The lowest BCUT2D eigenvalue weighted by molar-refractivity contribution is -0.132. The maximum Gasteiger partial charge on any atom is 0.301 e. The van der Waals surface area contributed by atoms with Gasteiger partial charge in [-0.25, -0.2) is 4.98 Å². The van der Waals surface area contributed by atoms with Gasteiger partial charge in [0.2, 0.25) is 5.75 Å². The third-order valence-electron chi connectivity index (χ3n) is 6.43. The van der Waals surface area contributed by atoms with Gasteiger partial charge in [0, 0.05) is 10.6 Å². The van der Waals surface area contributed by atoms with Crippen molar-refractivity contribution in [3.8, 4) is 23.0 Å². The van der Waals surface area contributed by atoms with Crippen LogP contribution in [-0.2, 0) is 9.59 Å². The number of thiazole rings is 1. The van der Waals surface area contributed by atoms with E-state index < -0.39 is 17.7 Å². The van der Waals surface area contributed by atoms with E-state index in [9.17, 15) is 14.7 Å². The summed E-state index contributed by atoms with van der Waals surface area (Å²) in [5.74, 6) is -0.406. The Kier molecular flexibility index (Phi) is 7.55. The van der Waals surface area contributed by atoms with Crippen molar-refractivity contribution in [1.82, 2.24) is 4.98 Å². The first-order chi connectivity index (χ1) is 19.3. The molecule has 5 rings (SSSR count). The molecule has 2 heterocycles. The van der Waals surface area contributed by atoms with E-state index in [1.165, 1.54) is 37.6 Å². The monoisotopic (exact) mass is 580 g/mol. The average molecular weight is 581 g/mol. The molecule has 9 nitrogen and oxygen atoms in total. The number of benzene rings is 3. The molecule has 1 N–H and O–H groups in total. The number of carbonyl (C=O) groups excluding carboxylic acids is 2. The van der Waals surface area contributed by atoms with Crippen molar-refractivity contribution >= 4 is 55.7 Å². The average Bonchev–Trinajstić information content (AvgIpc) is 3.49. The van der Waals surface area contributed by atoms with E-state index in [1.807, 2.05) is 13.0 Å². The molecule has 4 aromatic rings. The molecule has 1 amide bonds. The second-order valence-electron chi connectivity index (χ2n) is 8.69. The minimum absolute atomic E-state index is 0.115. The van der Waals surface area contributed by atoms with Crippen molar-refractivity contribution < 1.29 is 33.6 Å². The van der Waals surface area contributed by atoms with Gasteiger partial charge < -0.3 is 24.1 Å². The second kappa shape index (κ2) is 11.1. The van der Waals surface area contributed by atoms with E-state index in [1.54, 1.807) is 48.5 Å². The number of aromatic nitrogens is 1. The maximum absolute atomic E-state index is 13.6. The Hall–Kier alpha value is -4.28. The minimum atomic E-state index is -1.06. The summed E-state index contributed by atoms with van der Waals surface area (Å²) < 4.78 is 22.9. The molecule has 0 radical (unpaired) electrons. The molecule has 1 atom stereocenters. The summed E-state index contributed by atoms with van der Waals surface area (Å²) >= 11 is 7.27. The number of Topliss-reactive ketones (excluding diaryl/α,β-unsaturated/α-hetero) is 1. The molecule has 0 saturated carbocycles. The van der Waals surface area contributed by atoms with E-state index in [0.717, 1.165) is 4.70 Å². The lowest BCUT2D eigenvalue weighted by Gasteiger charge is -2.24. The van der Waals surface area contributed by atoms with Gasteiger partial charge in [-0.05, 0) is 67.1 Å². The summed E-state index contributed by atoms with van der Waals surface area (Å²) in [6.07, 6.45) is 0. The fraction of sp³-hybridized carbons (Fsp3) is 0.207. The van der Waals surface area contributed by atoms with Crippen LogP contribution >= 0.6 is 22.9 Å². The van der Waals surface area contributed by atoms with Gasteiger partial charge >= 0.3 is 5.91 Å². The molecule has 1 aromatic heterocycles.